The zero-order chi connectivity index (χ0) is 17.2. The third-order valence-corrected chi connectivity index (χ3v) is 5.13. The third-order valence-electron chi connectivity index (χ3n) is 4.22. The van der Waals surface area contributed by atoms with Crippen LogP contribution in [0.1, 0.15) is 21.6 Å². The lowest BCUT2D eigenvalue weighted by atomic mass is 10.1. The first kappa shape index (κ1) is 15.8. The molecule has 0 saturated heterocycles. The van der Waals surface area contributed by atoms with Gasteiger partial charge in [0, 0.05) is 23.9 Å². The van der Waals surface area contributed by atoms with Crippen LogP contribution in [0.3, 0.4) is 0 Å². The Hall–Kier alpha value is -2.66. The molecule has 25 heavy (non-hydrogen) atoms. The van der Waals surface area contributed by atoms with E-state index in [9.17, 15) is 4.79 Å². The van der Waals surface area contributed by atoms with Crippen LogP contribution in [0.2, 0.25) is 0 Å². The minimum Gasteiger partial charge on any atom is -0.480 e. The molecule has 1 aromatic heterocycles. The highest BCUT2D eigenvalue weighted by Gasteiger charge is 2.29. The fourth-order valence-corrected chi connectivity index (χ4v) is 3.72. The minimum absolute atomic E-state index is 0.146. The van der Waals surface area contributed by atoms with Crippen LogP contribution in [0.25, 0.3) is 0 Å². The van der Waals surface area contributed by atoms with Crippen molar-refractivity contribution < 1.29 is 9.53 Å². The summed E-state index contributed by atoms with van der Waals surface area (Å²) in [6.45, 7) is 2.08. The highest BCUT2D eigenvalue weighted by molar-refractivity contribution is 7.15. The Morgan fingerprint density at radius 3 is 2.84 bits per heavy atom. The molecule has 0 spiro atoms. The van der Waals surface area contributed by atoms with Crippen molar-refractivity contribution in [1.29, 1.82) is 0 Å². The molecule has 0 bridgehead atoms. The van der Waals surface area contributed by atoms with Gasteiger partial charge in [-0.25, -0.2) is 4.98 Å². The molecule has 1 N–H and O–H groups in total. The van der Waals surface area contributed by atoms with Crippen LogP contribution in [0.15, 0.2) is 54.7 Å². The van der Waals surface area contributed by atoms with E-state index in [0.717, 1.165) is 22.6 Å². The normalized spacial score (nSPS) is 15.5. The Kier molecular flexibility index (Phi) is 4.24. The van der Waals surface area contributed by atoms with Gasteiger partial charge in [0.05, 0.1) is 0 Å². The van der Waals surface area contributed by atoms with E-state index in [4.69, 9.17) is 4.74 Å². The Labute approximate surface area is 150 Å². The highest BCUT2D eigenvalue weighted by atomic mass is 32.1. The van der Waals surface area contributed by atoms with E-state index in [-0.39, 0.29) is 5.91 Å². The van der Waals surface area contributed by atoms with Gasteiger partial charge in [-0.15, -0.1) is 11.3 Å². The van der Waals surface area contributed by atoms with Gasteiger partial charge in [0.1, 0.15) is 5.75 Å². The van der Waals surface area contributed by atoms with E-state index < -0.39 is 6.10 Å². The van der Waals surface area contributed by atoms with Crippen molar-refractivity contribution in [3.63, 3.8) is 0 Å². The molecule has 4 rings (SSSR count). The zero-order valence-corrected chi connectivity index (χ0v) is 14.7. The lowest BCUT2D eigenvalue weighted by Crippen LogP contribution is -2.31. The number of benzene rings is 2. The summed E-state index contributed by atoms with van der Waals surface area (Å²) in [6, 6.07) is 16.2. The third kappa shape index (κ3) is 3.56. The Morgan fingerprint density at radius 1 is 1.24 bits per heavy atom. The van der Waals surface area contributed by atoms with E-state index in [1.54, 1.807) is 0 Å². The fourth-order valence-electron chi connectivity index (χ4n) is 2.87. The van der Waals surface area contributed by atoms with Crippen molar-refractivity contribution in [3.8, 4) is 5.75 Å². The van der Waals surface area contributed by atoms with Crippen LogP contribution in [0.4, 0.5) is 5.13 Å². The maximum Gasteiger partial charge on any atom is 0.267 e. The van der Waals surface area contributed by atoms with Crippen LogP contribution < -0.4 is 10.1 Å². The number of para-hydroxylation sites is 1. The number of hydrogen-bond acceptors (Lipinski definition) is 4. The average Bonchev–Trinajstić information content (AvgIpc) is 3.23. The number of amides is 1. The van der Waals surface area contributed by atoms with Crippen molar-refractivity contribution in [1.82, 2.24) is 4.98 Å². The molecule has 0 saturated carbocycles. The number of aryl methyl sites for hydroxylation is 1. The molecule has 0 fully saturated rings. The molecule has 0 aliphatic carbocycles. The van der Waals surface area contributed by atoms with Crippen LogP contribution in [0.5, 0.6) is 5.75 Å². The summed E-state index contributed by atoms with van der Waals surface area (Å²) >= 11 is 1.50. The predicted molar refractivity (Wildman–Crippen MR) is 99.3 cm³/mol. The lowest BCUT2D eigenvalue weighted by molar-refractivity contribution is -0.122. The summed E-state index contributed by atoms with van der Waals surface area (Å²) in [5.74, 6) is 0.647. The predicted octanol–water partition coefficient (Wildman–Crippen LogP) is 3.98. The Balaban J connectivity index is 1.38. The molecule has 1 amide bonds. The standard InChI is InChI=1S/C20H18N2O2S/c1-13-6-8-14(9-7-13)10-16-12-21-20(25-16)22-19(23)18-11-15-4-2-3-5-17(15)24-18/h2-9,12,18H,10-11H2,1H3,(H,21,22,23). The van der Waals surface area contributed by atoms with Crippen molar-refractivity contribution in [2.75, 3.05) is 5.32 Å². The number of nitrogens with zero attached hydrogens (tertiary/aromatic N) is 1. The number of nitrogens with one attached hydrogen (secondary N) is 1. The summed E-state index contributed by atoms with van der Waals surface area (Å²) in [5.41, 5.74) is 3.56. The molecule has 1 unspecified atom stereocenters. The van der Waals surface area contributed by atoms with Crippen molar-refractivity contribution >= 4 is 22.4 Å². The quantitative estimate of drug-likeness (QED) is 0.774. The molecule has 1 aliphatic rings. The summed E-state index contributed by atoms with van der Waals surface area (Å²) in [7, 11) is 0. The maximum absolute atomic E-state index is 12.4. The molecule has 4 nitrogen and oxygen atoms in total. The van der Waals surface area contributed by atoms with Crippen molar-refractivity contribution in [3.05, 3.63) is 76.3 Å². The number of ether oxygens (including phenoxy) is 1. The van der Waals surface area contributed by atoms with Gasteiger partial charge in [0.15, 0.2) is 11.2 Å². The molecular weight excluding hydrogens is 332 g/mol. The number of thiazole rings is 1. The Bertz CT molecular complexity index is 877. The van der Waals surface area contributed by atoms with Crippen LogP contribution in [-0.2, 0) is 17.6 Å². The van der Waals surface area contributed by atoms with Gasteiger partial charge in [-0.2, -0.15) is 0 Å². The number of carbonyl (C=O) groups is 1. The zero-order valence-electron chi connectivity index (χ0n) is 13.9. The first-order valence-electron chi connectivity index (χ1n) is 8.23. The van der Waals surface area contributed by atoms with E-state index in [1.165, 1.54) is 22.5 Å². The van der Waals surface area contributed by atoms with Gasteiger partial charge in [0.25, 0.3) is 5.91 Å². The van der Waals surface area contributed by atoms with Gasteiger partial charge in [0.2, 0.25) is 0 Å². The van der Waals surface area contributed by atoms with Gasteiger partial charge >= 0.3 is 0 Å². The van der Waals surface area contributed by atoms with Crippen molar-refractivity contribution in [2.24, 2.45) is 0 Å². The molecule has 2 aromatic carbocycles. The van der Waals surface area contributed by atoms with E-state index in [2.05, 4.69) is 41.5 Å². The highest BCUT2D eigenvalue weighted by Crippen LogP contribution is 2.29. The fraction of sp³-hybridized carbons (Fsp3) is 0.200. The average molecular weight is 350 g/mol. The molecule has 3 aromatic rings. The topological polar surface area (TPSA) is 51.2 Å². The monoisotopic (exact) mass is 350 g/mol. The molecule has 1 aliphatic heterocycles. The Morgan fingerprint density at radius 2 is 2.04 bits per heavy atom. The number of anilines is 1. The SMILES string of the molecule is Cc1ccc(Cc2cnc(NC(=O)C3Cc4ccccc4O3)s2)cc1. The summed E-state index contributed by atoms with van der Waals surface area (Å²) in [5, 5.41) is 3.49. The second-order valence-corrected chi connectivity index (χ2v) is 7.32. The van der Waals surface area contributed by atoms with Crippen LogP contribution in [-0.4, -0.2) is 17.0 Å². The van der Waals surface area contributed by atoms with E-state index >= 15 is 0 Å². The summed E-state index contributed by atoms with van der Waals surface area (Å²) in [4.78, 5) is 17.9. The van der Waals surface area contributed by atoms with E-state index in [1.807, 2.05) is 30.5 Å². The molecule has 0 radical (unpaired) electrons. The summed E-state index contributed by atoms with van der Waals surface area (Å²) in [6.07, 6.45) is 2.76. The number of hydrogen-bond donors (Lipinski definition) is 1. The number of carbonyl (C=O) groups excluding carboxylic acids is 1. The maximum atomic E-state index is 12.4. The minimum atomic E-state index is -0.484. The largest absolute Gasteiger partial charge is 0.480 e. The number of fused-ring (bicyclic) bond motifs is 1. The lowest BCUT2D eigenvalue weighted by Gasteiger charge is -2.09. The second-order valence-electron chi connectivity index (χ2n) is 6.20. The second kappa shape index (κ2) is 6.69. The number of aromatic nitrogens is 1. The van der Waals surface area contributed by atoms with Crippen LogP contribution >= 0.6 is 11.3 Å². The molecule has 126 valence electrons. The first-order chi connectivity index (χ1) is 12.2. The smallest absolute Gasteiger partial charge is 0.267 e. The van der Waals surface area contributed by atoms with Gasteiger partial charge in [-0.3, -0.25) is 10.1 Å². The molecular formula is C20H18N2O2S. The summed E-state index contributed by atoms with van der Waals surface area (Å²) < 4.78 is 5.72. The molecule has 2 heterocycles. The van der Waals surface area contributed by atoms with Crippen LogP contribution in [0, 0.1) is 6.92 Å². The van der Waals surface area contributed by atoms with Gasteiger partial charge in [-0.05, 0) is 24.1 Å². The van der Waals surface area contributed by atoms with Crippen molar-refractivity contribution in [2.45, 2.75) is 25.9 Å². The first-order valence-corrected chi connectivity index (χ1v) is 9.05. The number of rotatable bonds is 4. The van der Waals surface area contributed by atoms with Gasteiger partial charge < -0.3 is 4.74 Å². The molecule has 1 atom stereocenters. The van der Waals surface area contributed by atoms with Gasteiger partial charge in [-0.1, -0.05) is 48.0 Å². The van der Waals surface area contributed by atoms with E-state index in [0.29, 0.717) is 11.6 Å². The molecule has 5 heteroatoms.